The second kappa shape index (κ2) is 8.08. The molecule has 3 nitrogen and oxygen atoms in total. The maximum Gasteiger partial charge on any atom is 0.302 e. The number of rotatable bonds is 6. The van der Waals surface area contributed by atoms with Crippen LogP contribution in [0.3, 0.4) is 0 Å². The van der Waals surface area contributed by atoms with Crippen molar-refractivity contribution in [1.82, 2.24) is 0 Å². The van der Waals surface area contributed by atoms with Gasteiger partial charge in [0, 0.05) is 12.3 Å². The van der Waals surface area contributed by atoms with Gasteiger partial charge < -0.3 is 9.84 Å². The molecule has 0 aromatic heterocycles. The normalized spacial score (nSPS) is 49.0. The lowest BCUT2D eigenvalue weighted by molar-refractivity contribution is -0.181. The van der Waals surface area contributed by atoms with Gasteiger partial charge in [-0.2, -0.15) is 0 Å². The Morgan fingerprint density at radius 3 is 2.23 bits per heavy atom. The zero-order valence-electron chi connectivity index (χ0n) is 23.7. The summed E-state index contributed by atoms with van der Waals surface area (Å²) in [4.78, 5) is 11.8. The maximum absolute atomic E-state index is 11.8. The first-order valence-electron chi connectivity index (χ1n) is 14.8. The van der Waals surface area contributed by atoms with Crippen LogP contribution >= 0.6 is 0 Å². The van der Waals surface area contributed by atoms with E-state index in [1.807, 2.05) is 6.92 Å². The lowest BCUT2D eigenvalue weighted by Gasteiger charge is -2.63. The molecule has 1 unspecified atom stereocenters. The largest absolute Gasteiger partial charge is 0.462 e. The Hall–Kier alpha value is -0.830. The highest BCUT2D eigenvalue weighted by atomic mass is 16.5. The Bertz CT molecular complexity index is 891. The van der Waals surface area contributed by atoms with Crippen LogP contribution in [0.5, 0.6) is 0 Å². The molecule has 5 rings (SSSR count). The molecule has 198 valence electrons. The quantitative estimate of drug-likeness (QED) is 0.310. The number of fused-ring (bicyclic) bond motifs is 2. The first kappa shape index (κ1) is 25.8. The van der Waals surface area contributed by atoms with Crippen LogP contribution in [0.2, 0.25) is 0 Å². The van der Waals surface area contributed by atoms with Gasteiger partial charge in [-0.3, -0.25) is 4.79 Å². The first-order valence-corrected chi connectivity index (χ1v) is 14.8. The Labute approximate surface area is 214 Å². The summed E-state index contributed by atoms with van der Waals surface area (Å²) in [5, 5.41) is 10.4. The standard InChI is InChI=1S/C32H52O3/c1-20(2)24(34)10-9-21(3)23-13-15-30(8)26-12-11-25-28(5,6)27(35-22(4)33)14-16-31(25)19-32(26,31)18-17-29(23,30)7/h21,23-27,34H,1,9-19H2,2-8H3/t21-,23-,24?,25+,26-,27+,29-,30+,31-,32+/m1/s1. The number of carbonyl (C=O) groups excluding carboxylic acids is 1. The lowest BCUT2D eigenvalue weighted by atomic mass is 9.41. The van der Waals surface area contributed by atoms with Crippen LogP contribution in [0.4, 0.5) is 0 Å². The van der Waals surface area contributed by atoms with E-state index in [-0.39, 0.29) is 23.6 Å². The van der Waals surface area contributed by atoms with Crippen molar-refractivity contribution in [2.24, 2.45) is 50.7 Å². The van der Waals surface area contributed by atoms with Crippen LogP contribution in [0.25, 0.3) is 0 Å². The number of aliphatic hydroxyl groups is 1. The molecule has 0 bridgehead atoms. The summed E-state index contributed by atoms with van der Waals surface area (Å²) in [6.07, 6.45) is 13.7. The van der Waals surface area contributed by atoms with Gasteiger partial charge >= 0.3 is 5.97 Å². The predicted octanol–water partition coefficient (Wildman–Crippen LogP) is 7.71. The molecule has 5 fully saturated rings. The Morgan fingerprint density at radius 1 is 0.914 bits per heavy atom. The van der Waals surface area contributed by atoms with Crippen molar-refractivity contribution in [3.05, 3.63) is 12.2 Å². The molecule has 0 aliphatic heterocycles. The van der Waals surface area contributed by atoms with Gasteiger partial charge in [0.15, 0.2) is 0 Å². The van der Waals surface area contributed by atoms with E-state index >= 15 is 0 Å². The summed E-state index contributed by atoms with van der Waals surface area (Å²) < 4.78 is 5.89. The van der Waals surface area contributed by atoms with E-state index < -0.39 is 0 Å². The first-order chi connectivity index (χ1) is 16.3. The molecule has 0 heterocycles. The second-order valence-electron chi connectivity index (χ2n) is 15.0. The van der Waals surface area contributed by atoms with Gasteiger partial charge in [0.1, 0.15) is 6.10 Å². The zero-order chi connectivity index (χ0) is 25.6. The molecule has 35 heavy (non-hydrogen) atoms. The summed E-state index contributed by atoms with van der Waals surface area (Å²) in [6.45, 7) is 20.1. The van der Waals surface area contributed by atoms with Gasteiger partial charge in [0.05, 0.1) is 6.10 Å². The van der Waals surface area contributed by atoms with Crippen LogP contribution in [0.1, 0.15) is 119 Å². The third-order valence-electron chi connectivity index (χ3n) is 13.6. The smallest absolute Gasteiger partial charge is 0.302 e. The van der Waals surface area contributed by atoms with E-state index in [0.717, 1.165) is 36.7 Å². The molecule has 3 heteroatoms. The minimum Gasteiger partial charge on any atom is -0.462 e. The molecule has 1 N–H and O–H groups in total. The number of ether oxygens (including phenoxy) is 1. The fourth-order valence-corrected chi connectivity index (χ4v) is 11.6. The number of esters is 1. The third-order valence-corrected chi connectivity index (χ3v) is 13.6. The van der Waals surface area contributed by atoms with Crippen molar-refractivity contribution < 1.29 is 14.6 Å². The minimum atomic E-state index is -0.347. The Kier molecular flexibility index (Phi) is 5.96. The van der Waals surface area contributed by atoms with Crippen LogP contribution in [-0.2, 0) is 9.53 Å². The van der Waals surface area contributed by atoms with Crippen LogP contribution in [0.15, 0.2) is 12.2 Å². The van der Waals surface area contributed by atoms with Gasteiger partial charge in [-0.15, -0.1) is 0 Å². The molecule has 0 radical (unpaired) electrons. The lowest BCUT2D eigenvalue weighted by Crippen LogP contribution is -2.58. The van der Waals surface area contributed by atoms with Crippen molar-refractivity contribution in [3.8, 4) is 0 Å². The Balaban J connectivity index is 1.37. The summed E-state index contributed by atoms with van der Waals surface area (Å²) in [5.41, 5.74) is 2.87. The number of hydrogen-bond donors (Lipinski definition) is 1. The van der Waals surface area contributed by atoms with Gasteiger partial charge in [-0.05, 0) is 123 Å². The van der Waals surface area contributed by atoms with Crippen molar-refractivity contribution in [3.63, 3.8) is 0 Å². The summed E-state index contributed by atoms with van der Waals surface area (Å²) in [6, 6.07) is 0. The zero-order valence-corrected chi connectivity index (χ0v) is 23.7. The fraction of sp³-hybridized carbons (Fsp3) is 0.906. The topological polar surface area (TPSA) is 46.5 Å². The van der Waals surface area contributed by atoms with E-state index in [1.165, 1.54) is 51.4 Å². The highest BCUT2D eigenvalue weighted by molar-refractivity contribution is 5.66. The molecule has 0 aromatic carbocycles. The third kappa shape index (κ3) is 3.34. The maximum atomic E-state index is 11.8. The molecule has 2 spiro atoms. The predicted molar refractivity (Wildman–Crippen MR) is 142 cm³/mol. The molecule has 5 saturated carbocycles. The average molecular weight is 485 g/mol. The van der Waals surface area contributed by atoms with E-state index in [4.69, 9.17) is 4.74 Å². The molecule has 10 atom stereocenters. The minimum absolute atomic E-state index is 0.0802. The van der Waals surface area contributed by atoms with E-state index in [1.54, 1.807) is 6.92 Å². The molecule has 0 amide bonds. The van der Waals surface area contributed by atoms with Gasteiger partial charge in [-0.25, -0.2) is 0 Å². The van der Waals surface area contributed by atoms with Crippen molar-refractivity contribution in [2.45, 2.75) is 131 Å². The van der Waals surface area contributed by atoms with Crippen molar-refractivity contribution >= 4 is 5.97 Å². The SMILES string of the molecule is C=C(C)C(O)CC[C@@H](C)[C@H]1CC[C@@]2(C)[C@H]3CC[C@H]4C(C)(C)[C@@H](OC(C)=O)CC[C@@]45C[C@@]35CC[C@]12C. The highest BCUT2D eigenvalue weighted by Crippen LogP contribution is 2.89. The summed E-state index contributed by atoms with van der Waals surface area (Å²) in [7, 11) is 0. The van der Waals surface area contributed by atoms with Gasteiger partial charge in [-0.1, -0.05) is 46.8 Å². The van der Waals surface area contributed by atoms with Gasteiger partial charge in [0.25, 0.3) is 0 Å². The number of aliphatic hydroxyl groups excluding tert-OH is 1. The summed E-state index contributed by atoms with van der Waals surface area (Å²) >= 11 is 0. The molecule has 0 saturated heterocycles. The number of hydrogen-bond acceptors (Lipinski definition) is 3. The Morgan fingerprint density at radius 2 is 1.57 bits per heavy atom. The van der Waals surface area contributed by atoms with Crippen LogP contribution < -0.4 is 0 Å². The molecule has 0 aromatic rings. The second-order valence-corrected chi connectivity index (χ2v) is 15.0. The van der Waals surface area contributed by atoms with Crippen LogP contribution in [0, 0.1) is 50.7 Å². The molecular weight excluding hydrogens is 432 g/mol. The number of carbonyl (C=O) groups is 1. The molecule has 5 aliphatic rings. The molecule has 5 aliphatic carbocycles. The van der Waals surface area contributed by atoms with E-state index in [0.29, 0.717) is 33.5 Å². The van der Waals surface area contributed by atoms with E-state index in [2.05, 4.69) is 41.2 Å². The highest BCUT2D eigenvalue weighted by Gasteiger charge is 2.82. The van der Waals surface area contributed by atoms with Crippen molar-refractivity contribution in [1.29, 1.82) is 0 Å². The van der Waals surface area contributed by atoms with E-state index in [9.17, 15) is 9.90 Å². The summed E-state index contributed by atoms with van der Waals surface area (Å²) in [5.74, 6) is 2.86. The van der Waals surface area contributed by atoms with Crippen molar-refractivity contribution in [2.75, 3.05) is 0 Å². The fourth-order valence-electron chi connectivity index (χ4n) is 11.6. The molecular formula is C32H52O3. The average Bonchev–Trinajstić information content (AvgIpc) is 3.36. The van der Waals surface area contributed by atoms with Crippen LogP contribution in [-0.4, -0.2) is 23.3 Å². The monoisotopic (exact) mass is 484 g/mol. The van der Waals surface area contributed by atoms with Gasteiger partial charge in [0.2, 0.25) is 0 Å².